The number of nitrogens with zero attached hydrogens (tertiary/aromatic N) is 2. The summed E-state index contributed by atoms with van der Waals surface area (Å²) in [5.74, 6) is -1.21. The van der Waals surface area contributed by atoms with Crippen LogP contribution < -0.4 is 10.0 Å². The van der Waals surface area contributed by atoms with Gasteiger partial charge in [-0.2, -0.15) is 0 Å². The predicted molar refractivity (Wildman–Crippen MR) is 79.2 cm³/mol. The smallest absolute Gasteiger partial charge is 0.138 e. The largest absolute Gasteiger partial charge is 0.543 e. The number of quaternary nitrogens is 1. The highest BCUT2D eigenvalue weighted by Crippen LogP contribution is 2.13. The van der Waals surface area contributed by atoms with Gasteiger partial charge in [0.05, 0.1) is 18.1 Å². The summed E-state index contributed by atoms with van der Waals surface area (Å²) in [4.78, 5) is 16.9. The molecule has 5 heteroatoms. The van der Waals surface area contributed by atoms with Gasteiger partial charge < -0.3 is 14.8 Å². The molecule has 0 radical (unpaired) electrons. The third-order valence-electron chi connectivity index (χ3n) is 3.94. The highest BCUT2D eigenvalue weighted by atomic mass is 16.4. The molecule has 2 aromatic heterocycles. The molecule has 21 heavy (non-hydrogen) atoms. The fraction of sp³-hybridized carbons (Fsp3) is 0.500. The third kappa shape index (κ3) is 3.08. The summed E-state index contributed by atoms with van der Waals surface area (Å²) in [5, 5.41) is 11.4. The first-order valence-corrected chi connectivity index (χ1v) is 7.28. The van der Waals surface area contributed by atoms with E-state index in [4.69, 9.17) is 0 Å². The first-order chi connectivity index (χ1) is 9.74. The average molecular weight is 289 g/mol. The molecule has 0 saturated carbocycles. The van der Waals surface area contributed by atoms with Crippen LogP contribution in [-0.4, -0.2) is 27.4 Å². The quantitative estimate of drug-likeness (QED) is 0.875. The zero-order chi connectivity index (χ0) is 15.8. The molecule has 1 N–H and O–H groups in total. The van der Waals surface area contributed by atoms with E-state index in [0.29, 0.717) is 17.9 Å². The van der Waals surface area contributed by atoms with Gasteiger partial charge in [-0.25, -0.2) is 4.98 Å². The zero-order valence-electron chi connectivity index (χ0n) is 13.4. The fourth-order valence-corrected chi connectivity index (χ4v) is 2.65. The molecule has 0 aliphatic rings. The van der Waals surface area contributed by atoms with Gasteiger partial charge in [0, 0.05) is 6.20 Å². The van der Waals surface area contributed by atoms with Crippen molar-refractivity contribution in [2.45, 2.75) is 46.7 Å². The van der Waals surface area contributed by atoms with Gasteiger partial charge in [-0.05, 0) is 52.3 Å². The number of carboxylic acid groups (broad SMARTS) is 1. The number of nitrogens with one attached hydrogen (secondary N) is 1. The number of aromatic carboxylic acids is 1. The Labute approximate surface area is 125 Å². The van der Waals surface area contributed by atoms with Crippen LogP contribution in [0, 0.1) is 6.92 Å². The lowest BCUT2D eigenvalue weighted by atomic mass is 10.1. The molecular weight excluding hydrogens is 266 g/mol. The summed E-state index contributed by atoms with van der Waals surface area (Å²) < 4.78 is 1.86. The van der Waals surface area contributed by atoms with E-state index >= 15 is 0 Å². The highest BCUT2D eigenvalue weighted by molar-refractivity contribution is 5.86. The van der Waals surface area contributed by atoms with E-state index in [-0.39, 0.29) is 11.2 Å². The van der Waals surface area contributed by atoms with E-state index < -0.39 is 5.97 Å². The van der Waals surface area contributed by atoms with Crippen molar-refractivity contribution in [1.29, 1.82) is 0 Å². The second kappa shape index (κ2) is 5.48. The molecule has 5 nitrogen and oxygen atoms in total. The summed E-state index contributed by atoms with van der Waals surface area (Å²) in [6, 6.07) is 3.85. The molecule has 0 bridgehead atoms. The minimum Gasteiger partial charge on any atom is -0.543 e. The van der Waals surface area contributed by atoms with Crippen LogP contribution in [0.2, 0.25) is 0 Å². The number of aromatic nitrogens is 2. The van der Waals surface area contributed by atoms with Gasteiger partial charge in [0.15, 0.2) is 0 Å². The van der Waals surface area contributed by atoms with Crippen LogP contribution in [0.3, 0.4) is 0 Å². The number of carbonyl (C=O) groups is 1. The van der Waals surface area contributed by atoms with Gasteiger partial charge >= 0.3 is 0 Å². The summed E-state index contributed by atoms with van der Waals surface area (Å²) in [7, 11) is 0. The number of carbonyl (C=O) groups excluding carboxylic acids is 1. The van der Waals surface area contributed by atoms with E-state index in [1.807, 2.05) is 29.7 Å². The van der Waals surface area contributed by atoms with Crippen LogP contribution in [0.1, 0.15) is 49.4 Å². The molecule has 1 unspecified atom stereocenters. The number of rotatable bonds is 4. The summed E-state index contributed by atoms with van der Waals surface area (Å²) >= 11 is 0. The Kier molecular flexibility index (Phi) is 4.05. The number of hydrogen-bond donors (Lipinski definition) is 1. The van der Waals surface area contributed by atoms with Crippen LogP contribution >= 0.6 is 0 Å². The number of aryl methyl sites for hydroxylation is 1. The summed E-state index contributed by atoms with van der Waals surface area (Å²) in [6.07, 6.45) is 1.88. The van der Waals surface area contributed by atoms with Crippen LogP contribution in [0.15, 0.2) is 18.3 Å². The minimum atomic E-state index is -1.21. The summed E-state index contributed by atoms with van der Waals surface area (Å²) in [5.41, 5.74) is 2.51. The van der Waals surface area contributed by atoms with Crippen LogP contribution in [0.25, 0.3) is 5.65 Å². The molecule has 0 fully saturated rings. The molecular formula is C16H23N3O2. The Bertz CT molecular complexity index is 668. The standard InChI is InChI=1S/C16H23N3O2/c1-6-18(16(3,4)5)10-12-14(15(20)21)17-13-9-11(2)7-8-19(12)13/h7-9H,6,10H2,1-5H3,(H,20,21). The third-order valence-corrected chi connectivity index (χ3v) is 3.94. The minimum absolute atomic E-state index is 0.0345. The lowest BCUT2D eigenvalue weighted by molar-refractivity contribution is -0.958. The maximum Gasteiger partial charge on any atom is 0.138 e. The molecule has 2 heterocycles. The maximum atomic E-state index is 11.4. The molecule has 0 saturated heterocycles. The van der Waals surface area contributed by atoms with Gasteiger partial charge in [0.2, 0.25) is 0 Å². The van der Waals surface area contributed by atoms with E-state index in [2.05, 4.69) is 32.7 Å². The van der Waals surface area contributed by atoms with Crippen LogP contribution in [0.5, 0.6) is 0 Å². The Balaban J connectivity index is 2.55. The first kappa shape index (κ1) is 15.5. The van der Waals surface area contributed by atoms with Gasteiger partial charge in [-0.1, -0.05) is 0 Å². The highest BCUT2D eigenvalue weighted by Gasteiger charge is 2.27. The Morgan fingerprint density at radius 2 is 2.10 bits per heavy atom. The van der Waals surface area contributed by atoms with Crippen LogP contribution in [0.4, 0.5) is 0 Å². The van der Waals surface area contributed by atoms with Crippen molar-refractivity contribution in [3.63, 3.8) is 0 Å². The number of carboxylic acids is 1. The van der Waals surface area contributed by atoms with Gasteiger partial charge in [0.25, 0.3) is 0 Å². The van der Waals surface area contributed by atoms with Crippen molar-refractivity contribution in [1.82, 2.24) is 9.38 Å². The lowest BCUT2D eigenvalue weighted by Crippen LogP contribution is -3.17. The van der Waals surface area contributed by atoms with E-state index in [1.165, 1.54) is 4.90 Å². The fourth-order valence-electron chi connectivity index (χ4n) is 2.65. The zero-order valence-corrected chi connectivity index (χ0v) is 13.4. The average Bonchev–Trinajstić information content (AvgIpc) is 2.72. The van der Waals surface area contributed by atoms with E-state index in [1.54, 1.807) is 0 Å². The monoisotopic (exact) mass is 289 g/mol. The molecule has 1 atom stereocenters. The topological polar surface area (TPSA) is 61.9 Å². The van der Waals surface area contributed by atoms with Crippen molar-refractivity contribution in [3.05, 3.63) is 35.3 Å². The molecule has 0 spiro atoms. The summed E-state index contributed by atoms with van der Waals surface area (Å²) in [6.45, 7) is 12.0. The SMILES string of the molecule is CC[NH+](Cc1c(C(=O)[O-])nc2cc(C)ccn12)C(C)(C)C. The second-order valence-corrected chi connectivity index (χ2v) is 6.51. The number of fused-ring (bicyclic) bond motifs is 1. The van der Waals surface area contributed by atoms with Gasteiger partial charge in [-0.3, -0.25) is 4.40 Å². The Hall–Kier alpha value is -1.88. The number of hydrogen-bond acceptors (Lipinski definition) is 3. The van der Waals surface area contributed by atoms with Crippen molar-refractivity contribution in [3.8, 4) is 0 Å². The second-order valence-electron chi connectivity index (χ2n) is 6.51. The van der Waals surface area contributed by atoms with Crippen molar-refractivity contribution < 1.29 is 14.8 Å². The lowest BCUT2D eigenvalue weighted by Gasteiger charge is -2.31. The van der Waals surface area contributed by atoms with E-state index in [0.717, 1.165) is 12.1 Å². The number of pyridine rings is 1. The Morgan fingerprint density at radius 1 is 1.43 bits per heavy atom. The number of imidazole rings is 1. The molecule has 0 aliphatic heterocycles. The van der Waals surface area contributed by atoms with E-state index in [9.17, 15) is 9.90 Å². The maximum absolute atomic E-state index is 11.4. The molecule has 2 aromatic rings. The molecule has 0 aromatic carbocycles. The molecule has 114 valence electrons. The van der Waals surface area contributed by atoms with Crippen molar-refractivity contribution in [2.75, 3.05) is 6.54 Å². The Morgan fingerprint density at radius 3 is 2.62 bits per heavy atom. The van der Waals surface area contributed by atoms with Crippen molar-refractivity contribution >= 4 is 11.6 Å². The molecule has 0 amide bonds. The van der Waals surface area contributed by atoms with Gasteiger partial charge in [-0.15, -0.1) is 0 Å². The van der Waals surface area contributed by atoms with Gasteiger partial charge in [0.1, 0.15) is 23.6 Å². The molecule has 0 aliphatic carbocycles. The molecule has 2 rings (SSSR count). The predicted octanol–water partition coefficient (Wildman–Crippen LogP) is 0.210. The first-order valence-electron chi connectivity index (χ1n) is 7.28. The van der Waals surface area contributed by atoms with Crippen molar-refractivity contribution in [2.24, 2.45) is 0 Å². The van der Waals surface area contributed by atoms with Crippen LogP contribution in [-0.2, 0) is 6.54 Å². The normalized spacial score (nSPS) is 13.6.